The standard InChI is InChI=1S/C12H13NO5/c1-16-10(14)7-13-12(15)8-3-2-4-9-11(8)18-6-5-17-9/h2-4H,5-7H2,1H3,(H,13,15). The maximum Gasteiger partial charge on any atom is 0.325 e. The topological polar surface area (TPSA) is 73.9 Å². The highest BCUT2D eigenvalue weighted by Gasteiger charge is 2.20. The molecule has 0 aromatic heterocycles. The van der Waals surface area contributed by atoms with Crippen molar-refractivity contribution in [1.82, 2.24) is 5.32 Å². The van der Waals surface area contributed by atoms with Crippen LogP contribution in [-0.4, -0.2) is 38.7 Å². The fourth-order valence-electron chi connectivity index (χ4n) is 1.57. The van der Waals surface area contributed by atoms with E-state index in [4.69, 9.17) is 9.47 Å². The maximum absolute atomic E-state index is 11.9. The molecular formula is C12H13NO5. The quantitative estimate of drug-likeness (QED) is 0.785. The molecule has 1 aromatic carbocycles. The zero-order valence-electron chi connectivity index (χ0n) is 9.89. The summed E-state index contributed by atoms with van der Waals surface area (Å²) in [5.41, 5.74) is 0.344. The van der Waals surface area contributed by atoms with Crippen molar-refractivity contribution in [3.63, 3.8) is 0 Å². The molecule has 0 unspecified atom stereocenters. The Morgan fingerprint density at radius 2 is 2.11 bits per heavy atom. The Morgan fingerprint density at radius 3 is 2.89 bits per heavy atom. The minimum atomic E-state index is -0.509. The molecule has 1 aromatic rings. The van der Waals surface area contributed by atoms with Gasteiger partial charge >= 0.3 is 5.97 Å². The van der Waals surface area contributed by atoms with Gasteiger partial charge in [0.1, 0.15) is 19.8 Å². The van der Waals surface area contributed by atoms with Crippen molar-refractivity contribution >= 4 is 11.9 Å². The average molecular weight is 251 g/mol. The van der Waals surface area contributed by atoms with E-state index in [0.29, 0.717) is 30.3 Å². The molecule has 2 rings (SSSR count). The van der Waals surface area contributed by atoms with Crippen LogP contribution < -0.4 is 14.8 Å². The molecule has 1 heterocycles. The summed E-state index contributed by atoms with van der Waals surface area (Å²) in [6, 6.07) is 5.03. The molecule has 0 aliphatic carbocycles. The Hall–Kier alpha value is -2.24. The monoisotopic (exact) mass is 251 g/mol. The molecule has 1 aliphatic heterocycles. The van der Waals surface area contributed by atoms with E-state index in [0.717, 1.165) is 0 Å². The number of esters is 1. The predicted molar refractivity (Wildman–Crippen MR) is 61.8 cm³/mol. The number of fused-ring (bicyclic) bond motifs is 1. The smallest absolute Gasteiger partial charge is 0.325 e. The van der Waals surface area contributed by atoms with E-state index >= 15 is 0 Å². The van der Waals surface area contributed by atoms with Crippen molar-refractivity contribution in [2.45, 2.75) is 0 Å². The SMILES string of the molecule is COC(=O)CNC(=O)c1cccc2c1OCCO2. The van der Waals surface area contributed by atoms with Crippen molar-refractivity contribution < 1.29 is 23.8 Å². The van der Waals surface area contributed by atoms with E-state index in [2.05, 4.69) is 10.1 Å². The highest BCUT2D eigenvalue weighted by atomic mass is 16.6. The zero-order chi connectivity index (χ0) is 13.0. The van der Waals surface area contributed by atoms with Gasteiger partial charge in [0.15, 0.2) is 11.5 Å². The van der Waals surface area contributed by atoms with Crippen LogP contribution in [0.1, 0.15) is 10.4 Å². The number of benzene rings is 1. The Bertz CT molecular complexity index is 472. The fraction of sp³-hybridized carbons (Fsp3) is 0.333. The normalized spacial score (nSPS) is 12.7. The number of amides is 1. The third kappa shape index (κ3) is 2.53. The largest absolute Gasteiger partial charge is 0.486 e. The van der Waals surface area contributed by atoms with Crippen molar-refractivity contribution in [2.24, 2.45) is 0 Å². The molecule has 0 bridgehead atoms. The number of rotatable bonds is 3. The first-order valence-electron chi connectivity index (χ1n) is 5.46. The summed E-state index contributed by atoms with van der Waals surface area (Å²) in [5, 5.41) is 2.45. The minimum absolute atomic E-state index is 0.181. The lowest BCUT2D eigenvalue weighted by molar-refractivity contribution is -0.139. The number of hydrogen-bond acceptors (Lipinski definition) is 5. The van der Waals surface area contributed by atoms with E-state index in [1.807, 2.05) is 0 Å². The van der Waals surface area contributed by atoms with E-state index in [1.54, 1.807) is 18.2 Å². The van der Waals surface area contributed by atoms with Crippen molar-refractivity contribution in [3.05, 3.63) is 23.8 Å². The summed E-state index contributed by atoms with van der Waals surface area (Å²) in [4.78, 5) is 22.8. The Balaban J connectivity index is 2.13. The molecule has 6 nitrogen and oxygen atoms in total. The molecule has 0 atom stereocenters. The summed E-state index contributed by atoms with van der Waals surface area (Å²) in [6.07, 6.45) is 0. The third-order valence-corrected chi connectivity index (χ3v) is 2.43. The molecule has 0 saturated carbocycles. The lowest BCUT2D eigenvalue weighted by atomic mass is 10.1. The van der Waals surface area contributed by atoms with Crippen LogP contribution in [-0.2, 0) is 9.53 Å². The third-order valence-electron chi connectivity index (χ3n) is 2.43. The molecule has 1 N–H and O–H groups in total. The van der Waals surface area contributed by atoms with Gasteiger partial charge in [-0.2, -0.15) is 0 Å². The number of carbonyl (C=O) groups excluding carboxylic acids is 2. The van der Waals surface area contributed by atoms with E-state index in [1.165, 1.54) is 7.11 Å². The van der Waals surface area contributed by atoms with Crippen LogP contribution in [0, 0.1) is 0 Å². The molecule has 1 amide bonds. The average Bonchev–Trinajstić information content (AvgIpc) is 2.43. The van der Waals surface area contributed by atoms with Crippen LogP contribution >= 0.6 is 0 Å². The molecule has 6 heteroatoms. The van der Waals surface area contributed by atoms with E-state index in [-0.39, 0.29) is 6.54 Å². The van der Waals surface area contributed by atoms with Crippen LogP contribution in [0.5, 0.6) is 11.5 Å². The summed E-state index contributed by atoms with van der Waals surface area (Å²) in [7, 11) is 1.26. The number of methoxy groups -OCH3 is 1. The number of carbonyl (C=O) groups is 2. The van der Waals surface area contributed by atoms with Gasteiger partial charge in [-0.15, -0.1) is 0 Å². The van der Waals surface area contributed by atoms with Gasteiger partial charge in [0.05, 0.1) is 12.7 Å². The lowest BCUT2D eigenvalue weighted by Crippen LogP contribution is -2.31. The molecule has 0 saturated heterocycles. The van der Waals surface area contributed by atoms with Gasteiger partial charge in [-0.1, -0.05) is 6.07 Å². The molecule has 0 spiro atoms. The predicted octanol–water partition coefficient (Wildman–Crippen LogP) is 0.361. The second-order valence-electron chi connectivity index (χ2n) is 3.59. The highest BCUT2D eigenvalue weighted by Crippen LogP contribution is 2.33. The highest BCUT2D eigenvalue weighted by molar-refractivity contribution is 5.99. The van der Waals surface area contributed by atoms with Gasteiger partial charge < -0.3 is 19.5 Å². The van der Waals surface area contributed by atoms with Crippen LogP contribution in [0.3, 0.4) is 0 Å². The number of para-hydroxylation sites is 1. The molecule has 1 aliphatic rings. The van der Waals surface area contributed by atoms with E-state index in [9.17, 15) is 9.59 Å². The molecular weight excluding hydrogens is 238 g/mol. The fourth-order valence-corrected chi connectivity index (χ4v) is 1.57. The van der Waals surface area contributed by atoms with Crippen molar-refractivity contribution in [2.75, 3.05) is 26.9 Å². The zero-order valence-corrected chi connectivity index (χ0v) is 9.89. The number of hydrogen-bond donors (Lipinski definition) is 1. The molecule has 96 valence electrons. The molecule has 0 fully saturated rings. The maximum atomic E-state index is 11.9. The van der Waals surface area contributed by atoms with Gasteiger partial charge in [-0.25, -0.2) is 0 Å². The Labute approximate surface area is 104 Å². The molecule has 0 radical (unpaired) electrons. The molecule has 18 heavy (non-hydrogen) atoms. The number of ether oxygens (including phenoxy) is 3. The first kappa shape index (κ1) is 12.2. The first-order valence-corrected chi connectivity index (χ1v) is 5.46. The minimum Gasteiger partial charge on any atom is -0.486 e. The van der Waals surface area contributed by atoms with Crippen LogP contribution in [0.2, 0.25) is 0 Å². The summed E-state index contributed by atoms with van der Waals surface area (Å²) >= 11 is 0. The Kier molecular flexibility index (Phi) is 3.66. The van der Waals surface area contributed by atoms with Crippen LogP contribution in [0.15, 0.2) is 18.2 Å². The summed E-state index contributed by atoms with van der Waals surface area (Å²) < 4.78 is 15.2. The second-order valence-corrected chi connectivity index (χ2v) is 3.59. The summed E-state index contributed by atoms with van der Waals surface area (Å²) in [6.45, 7) is 0.675. The number of nitrogens with one attached hydrogen (secondary N) is 1. The Morgan fingerprint density at radius 1 is 1.33 bits per heavy atom. The van der Waals surface area contributed by atoms with Gasteiger partial charge in [-0.05, 0) is 12.1 Å². The van der Waals surface area contributed by atoms with Crippen LogP contribution in [0.4, 0.5) is 0 Å². The lowest BCUT2D eigenvalue weighted by Gasteiger charge is -2.20. The van der Waals surface area contributed by atoms with E-state index < -0.39 is 11.9 Å². The second kappa shape index (κ2) is 5.39. The van der Waals surface area contributed by atoms with Crippen LogP contribution in [0.25, 0.3) is 0 Å². The van der Waals surface area contributed by atoms with Crippen molar-refractivity contribution in [1.29, 1.82) is 0 Å². The van der Waals surface area contributed by atoms with Gasteiger partial charge in [0.25, 0.3) is 5.91 Å². The van der Waals surface area contributed by atoms with Gasteiger partial charge in [-0.3, -0.25) is 9.59 Å². The van der Waals surface area contributed by atoms with Gasteiger partial charge in [0, 0.05) is 0 Å². The first-order chi connectivity index (χ1) is 8.72. The summed E-state index contributed by atoms with van der Waals surface area (Å²) in [5.74, 6) is 0.0335. The van der Waals surface area contributed by atoms with Crippen molar-refractivity contribution in [3.8, 4) is 11.5 Å². The van der Waals surface area contributed by atoms with Gasteiger partial charge in [0.2, 0.25) is 0 Å².